The Bertz CT molecular complexity index is 485. The lowest BCUT2D eigenvalue weighted by atomic mass is 9.95. The van der Waals surface area contributed by atoms with Gasteiger partial charge in [0, 0.05) is 18.2 Å². The summed E-state index contributed by atoms with van der Waals surface area (Å²) in [5, 5.41) is 0.718. The summed E-state index contributed by atoms with van der Waals surface area (Å²) in [6.07, 6.45) is 3.29. The molecule has 2 atom stereocenters. The number of hydrogen-bond donors (Lipinski definition) is 0. The van der Waals surface area contributed by atoms with Crippen LogP contribution in [-0.4, -0.2) is 43.3 Å². The van der Waals surface area contributed by atoms with E-state index in [0.717, 1.165) is 43.0 Å². The van der Waals surface area contributed by atoms with E-state index in [1.165, 1.54) is 0 Å². The quantitative estimate of drug-likeness (QED) is 0.839. The number of ether oxygens (including phenoxy) is 2. The minimum Gasteiger partial charge on any atom is -0.376 e. The van der Waals surface area contributed by atoms with E-state index >= 15 is 0 Å². The first-order valence-electron chi connectivity index (χ1n) is 7.48. The maximum absolute atomic E-state index is 12.2. The summed E-state index contributed by atoms with van der Waals surface area (Å²) in [4.78, 5) is 14.1. The van der Waals surface area contributed by atoms with Crippen LogP contribution in [0.15, 0.2) is 24.3 Å². The SMILES string of the molecule is O=C(COCC1CCCO1)N1CCC1c1ccc(Cl)cc1. The Balaban J connectivity index is 1.47. The predicted octanol–water partition coefficient (Wildman–Crippen LogP) is 2.81. The molecule has 2 heterocycles. The smallest absolute Gasteiger partial charge is 0.249 e. The summed E-state index contributed by atoms with van der Waals surface area (Å²) >= 11 is 5.89. The Morgan fingerprint density at radius 2 is 2.14 bits per heavy atom. The standard InChI is InChI=1S/C16H20ClNO3/c17-13-5-3-12(4-6-13)15-7-8-18(15)16(19)11-20-10-14-2-1-9-21-14/h3-6,14-15H,1-2,7-11H2. The van der Waals surface area contributed by atoms with Crippen LogP contribution in [0.2, 0.25) is 5.02 Å². The van der Waals surface area contributed by atoms with Gasteiger partial charge < -0.3 is 14.4 Å². The van der Waals surface area contributed by atoms with E-state index in [9.17, 15) is 4.79 Å². The molecule has 0 bridgehead atoms. The highest BCUT2D eigenvalue weighted by Crippen LogP contribution is 2.33. The van der Waals surface area contributed by atoms with E-state index in [1.807, 2.05) is 29.2 Å². The van der Waals surface area contributed by atoms with Gasteiger partial charge in [-0.3, -0.25) is 4.79 Å². The zero-order chi connectivity index (χ0) is 14.7. The van der Waals surface area contributed by atoms with Gasteiger partial charge in [0.15, 0.2) is 0 Å². The number of halogens is 1. The molecule has 21 heavy (non-hydrogen) atoms. The molecule has 5 heteroatoms. The molecule has 2 unspecified atom stereocenters. The number of likely N-dealkylation sites (tertiary alicyclic amines) is 1. The van der Waals surface area contributed by atoms with Crippen LogP contribution in [0.3, 0.4) is 0 Å². The van der Waals surface area contributed by atoms with Crippen LogP contribution in [0.1, 0.15) is 30.9 Å². The molecule has 0 aliphatic carbocycles. The Hall–Kier alpha value is -1.10. The molecule has 2 saturated heterocycles. The highest BCUT2D eigenvalue weighted by molar-refractivity contribution is 6.30. The van der Waals surface area contributed by atoms with Gasteiger partial charge in [0.2, 0.25) is 5.91 Å². The molecule has 114 valence electrons. The molecule has 1 aromatic rings. The van der Waals surface area contributed by atoms with Gasteiger partial charge in [0.1, 0.15) is 6.61 Å². The Morgan fingerprint density at radius 1 is 1.33 bits per heavy atom. The zero-order valence-electron chi connectivity index (χ0n) is 12.0. The number of rotatable bonds is 5. The third-order valence-electron chi connectivity index (χ3n) is 4.15. The molecular weight excluding hydrogens is 290 g/mol. The third-order valence-corrected chi connectivity index (χ3v) is 4.40. The normalized spacial score (nSPS) is 24.9. The highest BCUT2D eigenvalue weighted by atomic mass is 35.5. The van der Waals surface area contributed by atoms with Gasteiger partial charge in [-0.05, 0) is 37.0 Å². The van der Waals surface area contributed by atoms with Crippen molar-refractivity contribution in [1.82, 2.24) is 4.90 Å². The fraction of sp³-hybridized carbons (Fsp3) is 0.562. The largest absolute Gasteiger partial charge is 0.376 e. The fourth-order valence-corrected chi connectivity index (χ4v) is 2.98. The first kappa shape index (κ1) is 14.8. The van der Waals surface area contributed by atoms with Gasteiger partial charge in [0.25, 0.3) is 0 Å². The minimum atomic E-state index is 0.0548. The van der Waals surface area contributed by atoms with Crippen LogP contribution in [-0.2, 0) is 14.3 Å². The van der Waals surface area contributed by atoms with E-state index in [0.29, 0.717) is 6.61 Å². The van der Waals surface area contributed by atoms with E-state index < -0.39 is 0 Å². The van der Waals surface area contributed by atoms with Crippen LogP contribution in [0.4, 0.5) is 0 Å². The molecule has 1 amide bonds. The van der Waals surface area contributed by atoms with Crippen LogP contribution < -0.4 is 0 Å². The summed E-state index contributed by atoms with van der Waals surface area (Å²) in [6, 6.07) is 7.87. The topological polar surface area (TPSA) is 38.8 Å². The lowest BCUT2D eigenvalue weighted by Crippen LogP contribution is -2.46. The molecular formula is C16H20ClNO3. The van der Waals surface area contributed by atoms with Crippen LogP contribution in [0.25, 0.3) is 0 Å². The summed E-state index contributed by atoms with van der Waals surface area (Å²) in [5.74, 6) is 0.0548. The average Bonchev–Trinajstić information content (AvgIpc) is 2.93. The number of nitrogens with zero attached hydrogens (tertiary/aromatic N) is 1. The first-order valence-corrected chi connectivity index (χ1v) is 7.86. The Labute approximate surface area is 130 Å². The second kappa shape index (κ2) is 6.77. The molecule has 2 aliphatic rings. The molecule has 2 aliphatic heterocycles. The molecule has 2 fully saturated rings. The van der Waals surface area contributed by atoms with E-state index in [-0.39, 0.29) is 24.7 Å². The first-order chi connectivity index (χ1) is 10.2. The summed E-state index contributed by atoms with van der Waals surface area (Å²) < 4.78 is 11.0. The second-order valence-electron chi connectivity index (χ2n) is 5.59. The summed E-state index contributed by atoms with van der Waals surface area (Å²) in [5.41, 5.74) is 1.14. The minimum absolute atomic E-state index is 0.0548. The van der Waals surface area contributed by atoms with Crippen molar-refractivity contribution in [3.63, 3.8) is 0 Å². The third kappa shape index (κ3) is 3.57. The van der Waals surface area contributed by atoms with Crippen LogP contribution in [0, 0.1) is 0 Å². The highest BCUT2D eigenvalue weighted by Gasteiger charge is 2.33. The van der Waals surface area contributed by atoms with Crippen molar-refractivity contribution in [1.29, 1.82) is 0 Å². The van der Waals surface area contributed by atoms with Crippen LogP contribution >= 0.6 is 11.6 Å². The van der Waals surface area contributed by atoms with Crippen molar-refractivity contribution in [3.05, 3.63) is 34.9 Å². The molecule has 4 nitrogen and oxygen atoms in total. The zero-order valence-corrected chi connectivity index (χ0v) is 12.7. The maximum Gasteiger partial charge on any atom is 0.249 e. The molecule has 0 saturated carbocycles. The van der Waals surface area contributed by atoms with E-state index in [2.05, 4.69) is 0 Å². The van der Waals surface area contributed by atoms with Crippen molar-refractivity contribution in [2.24, 2.45) is 0 Å². The molecule has 3 rings (SSSR count). The number of amides is 1. The van der Waals surface area contributed by atoms with E-state index in [1.54, 1.807) is 0 Å². The second-order valence-corrected chi connectivity index (χ2v) is 6.03. The number of benzene rings is 1. The van der Waals surface area contributed by atoms with Crippen molar-refractivity contribution in [3.8, 4) is 0 Å². The van der Waals surface area contributed by atoms with E-state index in [4.69, 9.17) is 21.1 Å². The molecule has 0 N–H and O–H groups in total. The number of hydrogen-bond acceptors (Lipinski definition) is 3. The maximum atomic E-state index is 12.2. The Morgan fingerprint density at radius 3 is 2.76 bits per heavy atom. The van der Waals surface area contributed by atoms with Gasteiger partial charge in [-0.2, -0.15) is 0 Å². The summed E-state index contributed by atoms with van der Waals surface area (Å²) in [6.45, 7) is 2.28. The van der Waals surface area contributed by atoms with Gasteiger partial charge in [-0.15, -0.1) is 0 Å². The molecule has 0 radical (unpaired) electrons. The van der Waals surface area contributed by atoms with Gasteiger partial charge in [-0.1, -0.05) is 23.7 Å². The molecule has 0 aromatic heterocycles. The lowest BCUT2D eigenvalue weighted by Gasteiger charge is -2.41. The monoisotopic (exact) mass is 309 g/mol. The lowest BCUT2D eigenvalue weighted by molar-refractivity contribution is -0.145. The number of carbonyl (C=O) groups excluding carboxylic acids is 1. The van der Waals surface area contributed by atoms with Crippen LogP contribution in [0.5, 0.6) is 0 Å². The van der Waals surface area contributed by atoms with Crippen molar-refractivity contribution < 1.29 is 14.3 Å². The summed E-state index contributed by atoms with van der Waals surface area (Å²) in [7, 11) is 0. The molecule has 0 spiro atoms. The van der Waals surface area contributed by atoms with Gasteiger partial charge in [-0.25, -0.2) is 0 Å². The van der Waals surface area contributed by atoms with Crippen molar-refractivity contribution in [2.45, 2.75) is 31.4 Å². The van der Waals surface area contributed by atoms with Crippen molar-refractivity contribution in [2.75, 3.05) is 26.4 Å². The molecule has 1 aromatic carbocycles. The Kier molecular flexibility index (Phi) is 4.78. The predicted molar refractivity (Wildman–Crippen MR) is 80.3 cm³/mol. The number of carbonyl (C=O) groups is 1. The van der Waals surface area contributed by atoms with Gasteiger partial charge in [0.05, 0.1) is 18.8 Å². The van der Waals surface area contributed by atoms with Crippen molar-refractivity contribution >= 4 is 17.5 Å². The average molecular weight is 310 g/mol. The van der Waals surface area contributed by atoms with Gasteiger partial charge >= 0.3 is 0 Å². The fourth-order valence-electron chi connectivity index (χ4n) is 2.85.